The molecule has 0 aromatic carbocycles. The second-order valence-corrected chi connectivity index (χ2v) is 3.81. The van der Waals surface area contributed by atoms with Crippen LogP contribution in [0.3, 0.4) is 0 Å². The molecule has 0 spiro atoms. The summed E-state index contributed by atoms with van der Waals surface area (Å²) in [6, 6.07) is 0. The summed E-state index contributed by atoms with van der Waals surface area (Å²) < 4.78 is 5.29. The number of hydrogen-bond acceptors (Lipinski definition) is 3. The van der Waals surface area contributed by atoms with E-state index in [1.807, 2.05) is 20.8 Å². The van der Waals surface area contributed by atoms with Crippen molar-refractivity contribution in [3.05, 3.63) is 11.6 Å². The molecule has 0 aliphatic rings. The summed E-state index contributed by atoms with van der Waals surface area (Å²) in [7, 11) is 0. The van der Waals surface area contributed by atoms with Gasteiger partial charge in [0.25, 0.3) is 0 Å². The van der Waals surface area contributed by atoms with Crippen LogP contribution in [0.2, 0.25) is 0 Å². The largest absolute Gasteiger partial charge is 0.348 e. The molecule has 0 aliphatic heterocycles. The van der Waals surface area contributed by atoms with Crippen molar-refractivity contribution in [2.75, 3.05) is 13.2 Å². The fourth-order valence-corrected chi connectivity index (χ4v) is 0.951. The van der Waals surface area contributed by atoms with Crippen LogP contribution in [0, 0.1) is 0 Å². The van der Waals surface area contributed by atoms with E-state index in [9.17, 15) is 0 Å². The summed E-state index contributed by atoms with van der Waals surface area (Å²) in [4.78, 5) is 10.1. The highest BCUT2D eigenvalue weighted by molar-refractivity contribution is 4.92. The van der Waals surface area contributed by atoms with Gasteiger partial charge in [-0.05, 0) is 41.0 Å². The van der Waals surface area contributed by atoms with E-state index >= 15 is 0 Å². The molecule has 84 valence electrons. The van der Waals surface area contributed by atoms with Crippen LogP contribution in [-0.2, 0) is 14.5 Å². The second kappa shape index (κ2) is 6.98. The molecule has 0 unspecified atom stereocenters. The van der Waals surface area contributed by atoms with Crippen LogP contribution >= 0.6 is 0 Å². The van der Waals surface area contributed by atoms with E-state index in [0.717, 1.165) is 6.42 Å². The number of allylic oxidation sites excluding steroid dienone is 1. The van der Waals surface area contributed by atoms with Gasteiger partial charge in [0.05, 0.1) is 6.61 Å². The molecule has 0 N–H and O–H groups in total. The summed E-state index contributed by atoms with van der Waals surface area (Å²) in [6.07, 6.45) is 2.97. The molecule has 0 atom stereocenters. The van der Waals surface area contributed by atoms with Crippen LogP contribution in [0.15, 0.2) is 11.6 Å². The van der Waals surface area contributed by atoms with Gasteiger partial charge in [-0.2, -0.15) is 0 Å². The maximum atomic E-state index is 5.29. The third-order valence-corrected chi connectivity index (χ3v) is 1.51. The Bertz CT molecular complexity index is 169. The average Bonchev–Trinajstić information content (AvgIpc) is 2.02. The Morgan fingerprint density at radius 3 is 2.43 bits per heavy atom. The molecule has 0 aliphatic carbocycles. The van der Waals surface area contributed by atoms with E-state index in [1.54, 1.807) is 0 Å². The van der Waals surface area contributed by atoms with E-state index in [2.05, 4.69) is 19.9 Å². The van der Waals surface area contributed by atoms with Crippen LogP contribution in [0.5, 0.6) is 0 Å². The molecule has 0 radical (unpaired) electrons. The molecule has 0 bridgehead atoms. The summed E-state index contributed by atoms with van der Waals surface area (Å²) >= 11 is 0. The van der Waals surface area contributed by atoms with Gasteiger partial charge in [-0.25, -0.2) is 9.78 Å². The van der Waals surface area contributed by atoms with E-state index in [4.69, 9.17) is 14.5 Å². The van der Waals surface area contributed by atoms with Gasteiger partial charge >= 0.3 is 0 Å². The van der Waals surface area contributed by atoms with Crippen LogP contribution in [0.25, 0.3) is 0 Å². The second-order valence-electron chi connectivity index (χ2n) is 3.81. The maximum Gasteiger partial charge on any atom is 0.195 e. The van der Waals surface area contributed by atoms with Gasteiger partial charge in [0.1, 0.15) is 0 Å². The Hall–Kier alpha value is -0.380. The zero-order valence-corrected chi connectivity index (χ0v) is 9.92. The third-order valence-electron chi connectivity index (χ3n) is 1.51. The van der Waals surface area contributed by atoms with Crippen molar-refractivity contribution in [2.45, 2.75) is 46.8 Å². The first-order valence-corrected chi connectivity index (χ1v) is 5.06. The summed E-state index contributed by atoms with van der Waals surface area (Å²) in [6.45, 7) is 10.9. The van der Waals surface area contributed by atoms with Gasteiger partial charge in [-0.1, -0.05) is 11.6 Å². The Morgan fingerprint density at radius 1 is 1.29 bits per heavy atom. The van der Waals surface area contributed by atoms with Gasteiger partial charge in [0, 0.05) is 6.61 Å². The molecule has 0 aromatic heterocycles. The summed E-state index contributed by atoms with van der Waals surface area (Å²) in [5, 5.41) is 0. The van der Waals surface area contributed by atoms with E-state index < -0.39 is 5.79 Å². The zero-order valence-electron chi connectivity index (χ0n) is 9.92. The van der Waals surface area contributed by atoms with Gasteiger partial charge in [0.2, 0.25) is 0 Å². The van der Waals surface area contributed by atoms with E-state index in [0.29, 0.717) is 13.2 Å². The fourth-order valence-electron chi connectivity index (χ4n) is 0.951. The van der Waals surface area contributed by atoms with Crippen molar-refractivity contribution >= 4 is 0 Å². The van der Waals surface area contributed by atoms with Crippen LogP contribution in [0.4, 0.5) is 0 Å². The molecule has 0 fully saturated rings. The van der Waals surface area contributed by atoms with Crippen molar-refractivity contribution in [2.24, 2.45) is 0 Å². The molecule has 3 heteroatoms. The number of hydrogen-bond donors (Lipinski definition) is 0. The monoisotopic (exact) mass is 202 g/mol. The first-order chi connectivity index (χ1) is 6.48. The van der Waals surface area contributed by atoms with Crippen molar-refractivity contribution in [1.29, 1.82) is 0 Å². The zero-order chi connectivity index (χ0) is 11.0. The van der Waals surface area contributed by atoms with Crippen LogP contribution < -0.4 is 0 Å². The Morgan fingerprint density at radius 2 is 1.93 bits per heavy atom. The number of ether oxygens (including phenoxy) is 1. The van der Waals surface area contributed by atoms with Gasteiger partial charge in [-0.15, -0.1) is 0 Å². The minimum absolute atomic E-state index is 0.557. The van der Waals surface area contributed by atoms with E-state index in [-0.39, 0.29) is 0 Å². The predicted molar refractivity (Wildman–Crippen MR) is 56.8 cm³/mol. The highest BCUT2D eigenvalue weighted by Crippen LogP contribution is 2.11. The molecule has 3 nitrogen and oxygen atoms in total. The lowest BCUT2D eigenvalue weighted by Crippen LogP contribution is -2.28. The quantitative estimate of drug-likeness (QED) is 0.209. The van der Waals surface area contributed by atoms with Crippen molar-refractivity contribution in [3.63, 3.8) is 0 Å². The topological polar surface area (TPSA) is 27.7 Å². The van der Waals surface area contributed by atoms with Gasteiger partial charge in [-0.3, -0.25) is 0 Å². The Labute approximate surface area is 87.0 Å². The standard InChI is InChI=1S/C11H22O3/c1-6-12-11(4,5)14-13-9-7-8-10(2)3/h8H,6-7,9H2,1-5H3. The predicted octanol–water partition coefficient (Wildman–Crippen LogP) is 3.06. The smallest absolute Gasteiger partial charge is 0.195 e. The summed E-state index contributed by atoms with van der Waals surface area (Å²) in [5.41, 5.74) is 1.29. The van der Waals surface area contributed by atoms with Gasteiger partial charge < -0.3 is 4.74 Å². The molecule has 0 saturated heterocycles. The van der Waals surface area contributed by atoms with Crippen LogP contribution in [0.1, 0.15) is 41.0 Å². The molecular formula is C11H22O3. The highest BCUT2D eigenvalue weighted by atomic mass is 17.2. The molecule has 0 saturated carbocycles. The first kappa shape index (κ1) is 13.6. The molecule has 0 heterocycles. The van der Waals surface area contributed by atoms with Crippen molar-refractivity contribution in [3.8, 4) is 0 Å². The van der Waals surface area contributed by atoms with Crippen LogP contribution in [-0.4, -0.2) is 19.0 Å². The third kappa shape index (κ3) is 8.23. The molecule has 0 rings (SSSR count). The highest BCUT2D eigenvalue weighted by Gasteiger charge is 2.18. The Balaban J connectivity index is 3.48. The maximum absolute atomic E-state index is 5.29. The molecule has 14 heavy (non-hydrogen) atoms. The van der Waals surface area contributed by atoms with Crippen molar-refractivity contribution < 1.29 is 14.5 Å². The first-order valence-electron chi connectivity index (χ1n) is 5.06. The Kier molecular flexibility index (Phi) is 6.79. The normalized spacial score (nSPS) is 11.5. The number of rotatable bonds is 7. The average molecular weight is 202 g/mol. The van der Waals surface area contributed by atoms with Gasteiger partial charge in [0.15, 0.2) is 5.79 Å². The van der Waals surface area contributed by atoms with E-state index in [1.165, 1.54) is 5.57 Å². The lowest BCUT2D eigenvalue weighted by molar-refractivity contribution is -0.416. The minimum atomic E-state index is -0.653. The SMILES string of the molecule is CCOC(C)(C)OOCCC=C(C)C. The van der Waals surface area contributed by atoms with Crippen molar-refractivity contribution in [1.82, 2.24) is 0 Å². The molecular weight excluding hydrogens is 180 g/mol. The molecule has 0 amide bonds. The lowest BCUT2D eigenvalue weighted by Gasteiger charge is -2.22. The summed E-state index contributed by atoms with van der Waals surface area (Å²) in [5.74, 6) is -0.653. The fraction of sp³-hybridized carbons (Fsp3) is 0.818. The lowest BCUT2D eigenvalue weighted by atomic mass is 10.3. The molecule has 0 aromatic rings. The minimum Gasteiger partial charge on any atom is -0.348 e.